The molecular formula is C27H20F2N2. The Balaban J connectivity index is 1.83. The van der Waals surface area contributed by atoms with E-state index in [0.717, 1.165) is 39.5 Å². The number of hydrogen-bond acceptors (Lipinski definition) is 1. The maximum absolute atomic E-state index is 14.5. The molecule has 3 aromatic carbocycles. The summed E-state index contributed by atoms with van der Waals surface area (Å²) in [6.45, 7) is 2.06. The molecule has 0 saturated carbocycles. The van der Waals surface area contributed by atoms with Gasteiger partial charge in [0.2, 0.25) is 0 Å². The van der Waals surface area contributed by atoms with Crippen molar-refractivity contribution in [2.45, 2.75) is 6.92 Å². The number of nitrogens with zero attached hydrogens (tertiary/aromatic N) is 2. The lowest BCUT2D eigenvalue weighted by atomic mass is 9.96. The molecule has 0 spiro atoms. The fraction of sp³-hybridized carbons (Fsp3) is 0.0741. The number of aromatic nitrogens is 2. The maximum atomic E-state index is 14.5. The first kappa shape index (κ1) is 19.2. The van der Waals surface area contributed by atoms with Gasteiger partial charge in [-0.05, 0) is 36.2 Å². The van der Waals surface area contributed by atoms with E-state index in [-0.39, 0.29) is 0 Å². The van der Waals surface area contributed by atoms with Crippen LogP contribution in [0.15, 0.2) is 85.1 Å². The molecule has 0 fully saturated rings. The molecule has 0 unspecified atom stereocenters. The third kappa shape index (κ3) is 3.30. The SMILES string of the molecule is Cc1ccc(-c2c(-c3ccccc3)n(C)c3ncc(-c4ccc(F)cc4F)cc23)cc1. The molecule has 0 amide bonds. The first-order valence-corrected chi connectivity index (χ1v) is 10.1. The van der Waals surface area contributed by atoms with Crippen LogP contribution in [0.25, 0.3) is 44.5 Å². The summed E-state index contributed by atoms with van der Waals surface area (Å²) in [4.78, 5) is 4.67. The monoisotopic (exact) mass is 410 g/mol. The normalized spacial score (nSPS) is 11.2. The van der Waals surface area contributed by atoms with Crippen molar-refractivity contribution in [2.24, 2.45) is 7.05 Å². The van der Waals surface area contributed by atoms with Crippen molar-refractivity contribution < 1.29 is 8.78 Å². The molecule has 0 aliphatic carbocycles. The van der Waals surface area contributed by atoms with Gasteiger partial charge in [-0.15, -0.1) is 0 Å². The van der Waals surface area contributed by atoms with Crippen molar-refractivity contribution in [3.05, 3.63) is 102 Å². The van der Waals surface area contributed by atoms with Crippen molar-refractivity contribution in [2.75, 3.05) is 0 Å². The summed E-state index contributed by atoms with van der Waals surface area (Å²) in [6.07, 6.45) is 1.65. The van der Waals surface area contributed by atoms with Crippen molar-refractivity contribution in [1.29, 1.82) is 0 Å². The lowest BCUT2D eigenvalue weighted by Gasteiger charge is -2.09. The average molecular weight is 410 g/mol. The molecule has 2 heterocycles. The van der Waals surface area contributed by atoms with Crippen molar-refractivity contribution in [1.82, 2.24) is 9.55 Å². The topological polar surface area (TPSA) is 17.8 Å². The fourth-order valence-corrected chi connectivity index (χ4v) is 4.13. The summed E-state index contributed by atoms with van der Waals surface area (Å²) < 4.78 is 30.0. The highest BCUT2D eigenvalue weighted by atomic mass is 19.1. The van der Waals surface area contributed by atoms with Crippen LogP contribution >= 0.6 is 0 Å². The molecular weight excluding hydrogens is 390 g/mol. The van der Waals surface area contributed by atoms with Gasteiger partial charge in [0, 0.05) is 41.4 Å². The number of fused-ring (bicyclic) bond motifs is 1. The van der Waals surface area contributed by atoms with Crippen LogP contribution in [0.4, 0.5) is 8.78 Å². The minimum Gasteiger partial charge on any atom is -0.328 e. The van der Waals surface area contributed by atoms with Crippen LogP contribution in [0, 0.1) is 18.6 Å². The summed E-state index contributed by atoms with van der Waals surface area (Å²) in [5.41, 5.74) is 7.16. The number of halogens is 2. The Kier molecular flexibility index (Phi) is 4.63. The summed E-state index contributed by atoms with van der Waals surface area (Å²) in [5, 5.41) is 0.923. The Hall–Kier alpha value is -3.79. The molecule has 0 N–H and O–H groups in total. The van der Waals surface area contributed by atoms with Crippen LogP contribution in [0.5, 0.6) is 0 Å². The zero-order valence-electron chi connectivity index (χ0n) is 17.2. The van der Waals surface area contributed by atoms with Crippen LogP contribution < -0.4 is 0 Å². The van der Waals surface area contributed by atoms with E-state index >= 15 is 0 Å². The Morgan fingerprint density at radius 2 is 1.52 bits per heavy atom. The summed E-state index contributed by atoms with van der Waals surface area (Å²) >= 11 is 0. The second kappa shape index (κ2) is 7.47. The molecule has 2 aromatic heterocycles. The summed E-state index contributed by atoms with van der Waals surface area (Å²) in [5.74, 6) is -1.20. The lowest BCUT2D eigenvalue weighted by Crippen LogP contribution is -1.94. The van der Waals surface area contributed by atoms with Crippen LogP contribution in [0.2, 0.25) is 0 Å². The minimum absolute atomic E-state index is 0.329. The zero-order valence-corrected chi connectivity index (χ0v) is 17.2. The summed E-state index contributed by atoms with van der Waals surface area (Å²) in [7, 11) is 1.99. The largest absolute Gasteiger partial charge is 0.328 e. The van der Waals surface area contributed by atoms with Crippen LogP contribution in [0.1, 0.15) is 5.56 Å². The molecule has 0 saturated heterocycles. The number of rotatable bonds is 3. The Morgan fingerprint density at radius 3 is 2.23 bits per heavy atom. The molecule has 5 aromatic rings. The Morgan fingerprint density at radius 1 is 0.774 bits per heavy atom. The molecule has 4 heteroatoms. The van der Waals surface area contributed by atoms with Gasteiger partial charge in [-0.3, -0.25) is 0 Å². The maximum Gasteiger partial charge on any atom is 0.140 e. The zero-order chi connectivity index (χ0) is 21.5. The van der Waals surface area contributed by atoms with Gasteiger partial charge in [0.15, 0.2) is 0 Å². The van der Waals surface area contributed by atoms with Crippen LogP contribution in [-0.4, -0.2) is 9.55 Å². The Bertz CT molecular complexity index is 1400. The minimum atomic E-state index is -0.600. The van der Waals surface area contributed by atoms with Gasteiger partial charge in [-0.1, -0.05) is 60.2 Å². The van der Waals surface area contributed by atoms with Gasteiger partial charge in [0.1, 0.15) is 17.3 Å². The smallest absolute Gasteiger partial charge is 0.140 e. The van der Waals surface area contributed by atoms with Crippen molar-refractivity contribution in [3.63, 3.8) is 0 Å². The van der Waals surface area contributed by atoms with Gasteiger partial charge < -0.3 is 4.57 Å². The van der Waals surface area contributed by atoms with Gasteiger partial charge in [0.05, 0.1) is 5.69 Å². The van der Waals surface area contributed by atoms with E-state index in [9.17, 15) is 8.78 Å². The molecule has 0 bridgehead atoms. The second-order valence-corrected chi connectivity index (χ2v) is 7.73. The molecule has 0 atom stereocenters. The number of aryl methyl sites for hydroxylation is 2. The first-order chi connectivity index (χ1) is 15.0. The second-order valence-electron chi connectivity index (χ2n) is 7.73. The van der Waals surface area contributed by atoms with E-state index in [1.54, 1.807) is 6.20 Å². The van der Waals surface area contributed by atoms with Gasteiger partial charge in [0.25, 0.3) is 0 Å². The van der Waals surface area contributed by atoms with E-state index < -0.39 is 11.6 Å². The molecule has 0 radical (unpaired) electrons. The third-order valence-corrected chi connectivity index (χ3v) is 5.66. The van der Waals surface area contributed by atoms with E-state index in [2.05, 4.69) is 52.9 Å². The highest BCUT2D eigenvalue weighted by Gasteiger charge is 2.20. The molecule has 31 heavy (non-hydrogen) atoms. The van der Waals surface area contributed by atoms with Gasteiger partial charge in [-0.25, -0.2) is 13.8 Å². The number of benzene rings is 3. The van der Waals surface area contributed by atoms with E-state index in [0.29, 0.717) is 11.1 Å². The number of pyridine rings is 1. The molecule has 5 rings (SSSR count). The van der Waals surface area contributed by atoms with E-state index in [4.69, 9.17) is 0 Å². The first-order valence-electron chi connectivity index (χ1n) is 10.1. The highest BCUT2D eigenvalue weighted by molar-refractivity contribution is 6.04. The number of hydrogen-bond donors (Lipinski definition) is 0. The lowest BCUT2D eigenvalue weighted by molar-refractivity contribution is 0.585. The average Bonchev–Trinajstić information content (AvgIpc) is 3.07. The molecule has 2 nitrogen and oxygen atoms in total. The summed E-state index contributed by atoms with van der Waals surface area (Å²) in [6, 6.07) is 24.1. The van der Waals surface area contributed by atoms with Gasteiger partial charge >= 0.3 is 0 Å². The van der Waals surface area contributed by atoms with Crippen LogP contribution in [0.3, 0.4) is 0 Å². The predicted octanol–water partition coefficient (Wildman–Crippen LogP) is 7.16. The molecule has 0 aliphatic rings. The van der Waals surface area contributed by atoms with Crippen LogP contribution in [-0.2, 0) is 7.05 Å². The van der Waals surface area contributed by atoms with E-state index in [1.165, 1.54) is 17.7 Å². The van der Waals surface area contributed by atoms with Gasteiger partial charge in [-0.2, -0.15) is 0 Å². The molecule has 0 aliphatic heterocycles. The molecule has 152 valence electrons. The van der Waals surface area contributed by atoms with E-state index in [1.807, 2.05) is 31.3 Å². The standard InChI is InChI=1S/C27H20F2N2/c1-17-8-10-18(11-9-17)25-23-14-20(22-13-12-21(28)15-24(22)29)16-30-27(23)31(2)26(25)19-6-4-3-5-7-19/h3-16H,1-2H3. The highest BCUT2D eigenvalue weighted by Crippen LogP contribution is 2.41. The van der Waals surface area contributed by atoms with Crippen molar-refractivity contribution >= 4 is 11.0 Å². The van der Waals surface area contributed by atoms with Crippen molar-refractivity contribution in [3.8, 4) is 33.5 Å². The fourth-order valence-electron chi connectivity index (χ4n) is 4.13. The quantitative estimate of drug-likeness (QED) is 0.308. The predicted molar refractivity (Wildman–Crippen MR) is 122 cm³/mol. The third-order valence-electron chi connectivity index (χ3n) is 5.66. The Labute approximate surface area is 179 Å².